The Morgan fingerprint density at radius 1 is 1.44 bits per heavy atom. The zero-order valence-electron chi connectivity index (χ0n) is 11.9. The van der Waals surface area contributed by atoms with Gasteiger partial charge < -0.3 is 4.98 Å². The molecule has 1 fully saturated rings. The molecule has 3 nitrogen and oxygen atoms in total. The highest BCUT2D eigenvalue weighted by molar-refractivity contribution is 5.98. The molecule has 1 saturated heterocycles. The highest BCUT2D eigenvalue weighted by Crippen LogP contribution is 2.26. The third-order valence-corrected chi connectivity index (χ3v) is 4.20. The van der Waals surface area contributed by atoms with Gasteiger partial charge in [0.1, 0.15) is 0 Å². The van der Waals surface area contributed by atoms with Crippen molar-refractivity contribution in [3.8, 4) is 0 Å². The van der Waals surface area contributed by atoms with Crippen LogP contribution in [0.15, 0.2) is 6.07 Å². The molecule has 1 aromatic heterocycles. The first-order valence-corrected chi connectivity index (χ1v) is 6.98. The number of carbonyl (C=O) groups excluding carboxylic acids is 1. The zero-order chi connectivity index (χ0) is 13.3. The summed E-state index contributed by atoms with van der Waals surface area (Å²) in [6.45, 7) is 8.99. The molecule has 0 spiro atoms. The molecule has 0 bridgehead atoms. The van der Waals surface area contributed by atoms with Crippen LogP contribution in [0.25, 0.3) is 0 Å². The van der Waals surface area contributed by atoms with Crippen LogP contribution in [0.3, 0.4) is 0 Å². The van der Waals surface area contributed by atoms with Crippen LogP contribution >= 0.6 is 0 Å². The number of Topliss-reactive ketones (excluding diaryl/α,β-unsaturated/α-hetero) is 1. The topological polar surface area (TPSA) is 36.1 Å². The van der Waals surface area contributed by atoms with E-state index in [9.17, 15) is 4.79 Å². The van der Waals surface area contributed by atoms with Gasteiger partial charge in [0, 0.05) is 29.0 Å². The second-order valence-electron chi connectivity index (χ2n) is 5.57. The minimum absolute atomic E-state index is 0.254. The molecule has 0 radical (unpaired) electrons. The van der Waals surface area contributed by atoms with E-state index in [0.717, 1.165) is 23.4 Å². The predicted molar refractivity (Wildman–Crippen MR) is 74.1 cm³/mol. The van der Waals surface area contributed by atoms with Gasteiger partial charge in [-0.05, 0) is 46.1 Å². The van der Waals surface area contributed by atoms with Gasteiger partial charge in [-0.1, -0.05) is 6.92 Å². The van der Waals surface area contributed by atoms with E-state index in [2.05, 4.69) is 23.7 Å². The van der Waals surface area contributed by atoms with Gasteiger partial charge in [0.05, 0.1) is 6.54 Å². The Bertz CT molecular complexity index is 436. The first-order valence-electron chi connectivity index (χ1n) is 6.98. The van der Waals surface area contributed by atoms with Gasteiger partial charge in [-0.3, -0.25) is 9.69 Å². The number of rotatable bonds is 4. The molecule has 2 atom stereocenters. The maximum atomic E-state index is 12.4. The van der Waals surface area contributed by atoms with Gasteiger partial charge in [-0.2, -0.15) is 0 Å². The van der Waals surface area contributed by atoms with E-state index in [-0.39, 0.29) is 5.78 Å². The van der Waals surface area contributed by atoms with Crippen molar-refractivity contribution in [3.63, 3.8) is 0 Å². The third-order valence-electron chi connectivity index (χ3n) is 4.20. The van der Waals surface area contributed by atoms with E-state index >= 15 is 0 Å². The largest absolute Gasteiger partial charge is 0.362 e. The highest BCUT2D eigenvalue weighted by atomic mass is 16.1. The molecule has 0 saturated carbocycles. The van der Waals surface area contributed by atoms with Crippen molar-refractivity contribution in [2.45, 2.75) is 59.0 Å². The number of likely N-dealkylation sites (tertiary alicyclic amines) is 1. The lowest BCUT2D eigenvalue weighted by atomic mass is 10.1. The third kappa shape index (κ3) is 2.51. The molecule has 2 unspecified atom stereocenters. The molecule has 0 aromatic carbocycles. The van der Waals surface area contributed by atoms with Crippen LogP contribution in [0.5, 0.6) is 0 Å². The van der Waals surface area contributed by atoms with Crippen LogP contribution in [0.4, 0.5) is 0 Å². The fraction of sp³-hybridized carbons (Fsp3) is 0.667. The number of carbonyl (C=O) groups is 1. The van der Waals surface area contributed by atoms with Crippen molar-refractivity contribution < 1.29 is 4.79 Å². The lowest BCUT2D eigenvalue weighted by molar-refractivity contribution is 0.0888. The Hall–Kier alpha value is -1.09. The van der Waals surface area contributed by atoms with Gasteiger partial charge >= 0.3 is 0 Å². The van der Waals surface area contributed by atoms with Crippen LogP contribution in [0.1, 0.15) is 54.9 Å². The number of nitrogens with zero attached hydrogens (tertiary/aromatic N) is 1. The number of hydrogen-bond donors (Lipinski definition) is 1. The first-order chi connectivity index (χ1) is 8.52. The summed E-state index contributed by atoms with van der Waals surface area (Å²) in [7, 11) is 0. The Labute approximate surface area is 110 Å². The maximum absolute atomic E-state index is 12.4. The van der Waals surface area contributed by atoms with Crippen LogP contribution in [-0.2, 0) is 0 Å². The number of ketones is 1. The summed E-state index contributed by atoms with van der Waals surface area (Å²) in [5.41, 5.74) is 2.93. The maximum Gasteiger partial charge on any atom is 0.178 e. The van der Waals surface area contributed by atoms with E-state index < -0.39 is 0 Å². The van der Waals surface area contributed by atoms with Crippen molar-refractivity contribution in [1.82, 2.24) is 9.88 Å². The van der Waals surface area contributed by atoms with E-state index in [1.807, 2.05) is 19.9 Å². The molecular weight excluding hydrogens is 224 g/mol. The van der Waals surface area contributed by atoms with Crippen molar-refractivity contribution in [2.24, 2.45) is 0 Å². The molecular formula is C15H24N2O. The second-order valence-corrected chi connectivity index (χ2v) is 5.57. The molecule has 3 heteroatoms. The van der Waals surface area contributed by atoms with Crippen molar-refractivity contribution in [1.29, 1.82) is 0 Å². The summed E-state index contributed by atoms with van der Waals surface area (Å²) in [6.07, 6.45) is 3.59. The molecule has 1 aliphatic rings. The SMILES string of the molecule is CCC1CCC(C)N1CC(=O)c1cc(C)[nH]c1C. The fourth-order valence-corrected chi connectivity index (χ4v) is 3.11. The average Bonchev–Trinajstić information content (AvgIpc) is 2.83. The summed E-state index contributed by atoms with van der Waals surface area (Å²) in [6, 6.07) is 3.10. The van der Waals surface area contributed by atoms with Crippen molar-refractivity contribution in [2.75, 3.05) is 6.54 Å². The molecule has 1 aromatic rings. The number of aromatic amines is 1. The van der Waals surface area contributed by atoms with Gasteiger partial charge in [-0.25, -0.2) is 0 Å². The quantitative estimate of drug-likeness (QED) is 0.831. The number of H-pyrrole nitrogens is 1. The summed E-state index contributed by atoms with van der Waals surface area (Å²) in [5, 5.41) is 0. The standard InChI is InChI=1S/C15H24N2O/c1-5-13-7-6-11(3)17(13)9-15(18)14-8-10(2)16-12(14)4/h8,11,13,16H,5-7,9H2,1-4H3. The molecule has 2 heterocycles. The molecule has 18 heavy (non-hydrogen) atoms. The summed E-state index contributed by atoms with van der Waals surface area (Å²) in [4.78, 5) is 18.0. The highest BCUT2D eigenvalue weighted by Gasteiger charge is 2.31. The Kier molecular flexibility index (Phi) is 3.91. The van der Waals surface area contributed by atoms with Crippen LogP contribution in [0.2, 0.25) is 0 Å². The molecule has 100 valence electrons. The summed E-state index contributed by atoms with van der Waals surface area (Å²) < 4.78 is 0. The second kappa shape index (κ2) is 5.27. The number of hydrogen-bond acceptors (Lipinski definition) is 2. The van der Waals surface area contributed by atoms with Gasteiger partial charge in [0.15, 0.2) is 5.78 Å². The molecule has 1 N–H and O–H groups in total. The zero-order valence-corrected chi connectivity index (χ0v) is 11.9. The minimum atomic E-state index is 0.254. The minimum Gasteiger partial charge on any atom is -0.362 e. The molecule has 0 aliphatic carbocycles. The summed E-state index contributed by atoms with van der Waals surface area (Å²) >= 11 is 0. The van der Waals surface area contributed by atoms with E-state index in [1.165, 1.54) is 12.8 Å². The van der Waals surface area contributed by atoms with Crippen molar-refractivity contribution in [3.05, 3.63) is 23.0 Å². The van der Waals surface area contributed by atoms with E-state index in [4.69, 9.17) is 0 Å². The Balaban J connectivity index is 2.09. The van der Waals surface area contributed by atoms with E-state index in [0.29, 0.717) is 18.6 Å². The van der Waals surface area contributed by atoms with Crippen LogP contribution in [0, 0.1) is 13.8 Å². The van der Waals surface area contributed by atoms with Gasteiger partial charge in [0.25, 0.3) is 0 Å². The Morgan fingerprint density at radius 3 is 2.72 bits per heavy atom. The Morgan fingerprint density at radius 2 is 2.17 bits per heavy atom. The normalized spacial score (nSPS) is 24.7. The van der Waals surface area contributed by atoms with Crippen LogP contribution < -0.4 is 0 Å². The van der Waals surface area contributed by atoms with Crippen molar-refractivity contribution >= 4 is 5.78 Å². The monoisotopic (exact) mass is 248 g/mol. The fourth-order valence-electron chi connectivity index (χ4n) is 3.11. The van der Waals surface area contributed by atoms with Crippen LogP contribution in [-0.4, -0.2) is 34.3 Å². The molecule has 0 amide bonds. The molecule has 1 aliphatic heterocycles. The molecule has 2 rings (SSSR count). The van der Waals surface area contributed by atoms with E-state index in [1.54, 1.807) is 0 Å². The van der Waals surface area contributed by atoms with Gasteiger partial charge in [-0.15, -0.1) is 0 Å². The van der Waals surface area contributed by atoms with Gasteiger partial charge in [0.2, 0.25) is 0 Å². The number of aryl methyl sites for hydroxylation is 2. The lowest BCUT2D eigenvalue weighted by Gasteiger charge is -2.26. The smallest absolute Gasteiger partial charge is 0.178 e. The predicted octanol–water partition coefficient (Wildman–Crippen LogP) is 3.08. The summed E-state index contributed by atoms with van der Waals surface area (Å²) in [5.74, 6) is 0.254. The number of nitrogens with one attached hydrogen (secondary N) is 1. The number of aromatic nitrogens is 1. The first kappa shape index (κ1) is 13.3. The average molecular weight is 248 g/mol. The lowest BCUT2D eigenvalue weighted by Crippen LogP contribution is -2.38.